The molecular weight excluding hydrogens is 1560 g/mol. The van der Waals surface area contributed by atoms with E-state index in [9.17, 15) is 48.3 Å². The second-order valence-electron chi connectivity index (χ2n) is 22.6. The van der Waals surface area contributed by atoms with E-state index in [1.807, 2.05) is 0 Å². The van der Waals surface area contributed by atoms with Gasteiger partial charge in [0.15, 0.2) is 33.9 Å². The largest absolute Gasteiger partial charge is 0.505 e. The van der Waals surface area contributed by atoms with E-state index in [2.05, 4.69) is 120 Å². The molecule has 4 aliphatic heterocycles. The second kappa shape index (κ2) is 33.4. The Morgan fingerprint density at radius 2 is 1.11 bits per heavy atom. The summed E-state index contributed by atoms with van der Waals surface area (Å²) in [4.78, 5) is 142. The fraction of sp³-hybridized carbons (Fsp3) is 0.155. The maximum atomic E-state index is 13.2. The van der Waals surface area contributed by atoms with Gasteiger partial charge < -0.3 is 65.3 Å². The Morgan fingerprint density at radius 3 is 1.59 bits per heavy atom. The van der Waals surface area contributed by atoms with Gasteiger partial charge in [-0.2, -0.15) is 0 Å². The van der Waals surface area contributed by atoms with Crippen molar-refractivity contribution in [2.45, 2.75) is 30.6 Å². The minimum atomic E-state index is -1.66. The molecule has 0 saturated carbocycles. The molecule has 105 heavy (non-hydrogen) atoms. The molecule has 0 bridgehead atoms. The topological polar surface area (TPSA) is 419 Å². The SMILES string of the molecule is C#C[C@]1(CN2Cc3ccc(OC)cc3C2=O)NC(=O)NC1=O.COc1ccc(N)nc1Br.COc1ccc(NC(=O)c2cccnc2)nc1Br.COc1ccc2c(c1)C(=O)N(C[C@@]1(c3cc4nc(CC(=O)c5cccnc5)ccc4o3)NC(=O)NC1=O)C2.O=C(Nc1ccc(O)c(Br)n1)c1cccnc1. The molecule has 14 rings (SSSR count). The minimum Gasteiger partial charge on any atom is -0.505 e. The van der Waals surface area contributed by atoms with Crippen LogP contribution in [-0.2, 0) is 34.6 Å². The third-order valence-electron chi connectivity index (χ3n) is 15.8. The number of imide groups is 2. The van der Waals surface area contributed by atoms with Gasteiger partial charge in [0.25, 0.3) is 35.4 Å². The number of halogens is 3. The Hall–Kier alpha value is -12.7. The van der Waals surface area contributed by atoms with Crippen LogP contribution in [-0.4, -0.2) is 150 Å². The monoisotopic (exact) mass is 1610 g/mol. The summed E-state index contributed by atoms with van der Waals surface area (Å²) in [5.74, 6) is 3.61. The van der Waals surface area contributed by atoms with E-state index < -0.39 is 35.0 Å². The summed E-state index contributed by atoms with van der Waals surface area (Å²) in [5.41, 5.74) is 7.46. The van der Waals surface area contributed by atoms with Gasteiger partial charge in [-0.3, -0.25) is 59.1 Å². The number of amides is 10. The molecule has 0 aliphatic carbocycles. The smallest absolute Gasteiger partial charge is 0.323 e. The third kappa shape index (κ3) is 17.8. The molecule has 10 amide bonds. The van der Waals surface area contributed by atoms with Gasteiger partial charge in [-0.1, -0.05) is 18.1 Å². The zero-order valence-electron chi connectivity index (χ0n) is 55.6. The number of Topliss-reactive ketones (excluding diaryl/α,β-unsaturated/α-hetero) is 1. The predicted octanol–water partition coefficient (Wildman–Crippen LogP) is 8.34. The number of nitrogens with two attached hydrogens (primary N) is 1. The van der Waals surface area contributed by atoms with E-state index in [4.69, 9.17) is 35.5 Å². The van der Waals surface area contributed by atoms with Crippen LogP contribution in [0.4, 0.5) is 27.0 Å². The number of furan rings is 1. The normalized spacial score (nSPS) is 15.7. The zero-order chi connectivity index (χ0) is 75.1. The van der Waals surface area contributed by atoms with Gasteiger partial charge in [0.1, 0.15) is 59.8 Å². The van der Waals surface area contributed by atoms with Gasteiger partial charge in [0.2, 0.25) is 0 Å². The first kappa shape index (κ1) is 74.9. The highest BCUT2D eigenvalue weighted by atomic mass is 79.9. The number of nitrogen functional groups attached to an aromatic ring is 1. The Labute approximate surface area is 621 Å². The van der Waals surface area contributed by atoms with Gasteiger partial charge >= 0.3 is 12.1 Å². The average Bonchev–Trinajstić information content (AvgIpc) is 1.59. The molecule has 0 unspecified atom stereocenters. The van der Waals surface area contributed by atoms with Crippen molar-refractivity contribution in [1.29, 1.82) is 0 Å². The first-order valence-corrected chi connectivity index (χ1v) is 33.3. The van der Waals surface area contributed by atoms with Crippen molar-refractivity contribution in [1.82, 2.24) is 66.0 Å². The van der Waals surface area contributed by atoms with Crippen LogP contribution in [0.1, 0.15) is 74.4 Å². The van der Waals surface area contributed by atoms with Crippen LogP contribution in [0.15, 0.2) is 183 Å². The fourth-order valence-corrected chi connectivity index (χ4v) is 11.8. The van der Waals surface area contributed by atoms with E-state index in [-0.39, 0.29) is 71.6 Å². The van der Waals surface area contributed by atoms with Gasteiger partial charge in [-0.05, 0) is 168 Å². The van der Waals surface area contributed by atoms with E-state index in [0.717, 1.165) is 11.1 Å². The summed E-state index contributed by atoms with van der Waals surface area (Å²) >= 11 is 9.51. The summed E-state index contributed by atoms with van der Waals surface area (Å²) in [6, 6.07) is 33.8. The van der Waals surface area contributed by atoms with E-state index in [1.54, 1.807) is 148 Å². The number of anilines is 3. The molecule has 34 heteroatoms. The van der Waals surface area contributed by atoms with Crippen molar-refractivity contribution < 1.29 is 71.6 Å². The molecule has 9 N–H and O–H groups in total. The number of rotatable bonds is 16. The third-order valence-corrected chi connectivity index (χ3v) is 17.5. The first-order chi connectivity index (χ1) is 50.4. The number of hydrogen-bond acceptors (Lipinski definition) is 23. The predicted molar refractivity (Wildman–Crippen MR) is 388 cm³/mol. The van der Waals surface area contributed by atoms with E-state index >= 15 is 0 Å². The molecule has 2 aromatic carbocycles. The molecule has 2 atom stereocenters. The molecule has 8 aromatic heterocycles. The number of aromatic nitrogens is 7. The molecule has 10 aromatic rings. The van der Waals surface area contributed by atoms with Crippen LogP contribution < -0.4 is 56.6 Å². The maximum absolute atomic E-state index is 13.2. The lowest BCUT2D eigenvalue weighted by molar-refractivity contribution is -0.125. The van der Waals surface area contributed by atoms with Crippen molar-refractivity contribution >= 4 is 130 Å². The highest BCUT2D eigenvalue weighted by Crippen LogP contribution is 2.36. The van der Waals surface area contributed by atoms with Gasteiger partial charge in [-0.25, -0.2) is 29.5 Å². The van der Waals surface area contributed by atoms with Gasteiger partial charge in [0.05, 0.1) is 59.1 Å². The lowest BCUT2D eigenvalue weighted by atomic mass is 9.95. The number of methoxy groups -OCH3 is 4. The van der Waals surface area contributed by atoms with Gasteiger partial charge in [0, 0.05) is 78.7 Å². The van der Waals surface area contributed by atoms with Crippen LogP contribution in [0.2, 0.25) is 0 Å². The number of hydrogen-bond donors (Lipinski definition) is 8. The highest BCUT2D eigenvalue weighted by Gasteiger charge is 2.53. The first-order valence-electron chi connectivity index (χ1n) is 30.9. The molecule has 534 valence electrons. The lowest BCUT2D eigenvalue weighted by Crippen LogP contribution is -2.54. The van der Waals surface area contributed by atoms with Crippen molar-refractivity contribution in [3.8, 4) is 41.1 Å². The Balaban J connectivity index is 0.000000151. The number of aromatic hydroxyl groups is 1. The Kier molecular flexibility index (Phi) is 23.8. The quantitative estimate of drug-likeness (QED) is 0.0195. The minimum absolute atomic E-state index is 0.0179. The summed E-state index contributed by atoms with van der Waals surface area (Å²) in [6.45, 7) is 0.330. The number of pyridine rings is 7. The van der Waals surface area contributed by atoms with Gasteiger partial charge in [-0.15, -0.1) is 6.42 Å². The molecular formula is C71H59Br3N16O15. The average molecular weight is 1620 g/mol. The van der Waals surface area contributed by atoms with Crippen LogP contribution in [0.3, 0.4) is 0 Å². The molecule has 12 heterocycles. The van der Waals surface area contributed by atoms with Crippen LogP contribution in [0, 0.1) is 12.3 Å². The number of nitrogens with one attached hydrogen (secondary N) is 6. The van der Waals surface area contributed by atoms with Crippen LogP contribution in [0.25, 0.3) is 11.1 Å². The van der Waals surface area contributed by atoms with E-state index in [0.29, 0.717) is 101 Å². The van der Waals surface area contributed by atoms with Crippen LogP contribution >= 0.6 is 47.8 Å². The molecule has 0 spiro atoms. The highest BCUT2D eigenvalue weighted by molar-refractivity contribution is 9.11. The number of carbonyl (C=O) groups excluding carboxylic acids is 9. The van der Waals surface area contributed by atoms with E-state index in [1.165, 1.54) is 54.7 Å². The van der Waals surface area contributed by atoms with Crippen molar-refractivity contribution in [2.24, 2.45) is 0 Å². The second-order valence-corrected chi connectivity index (χ2v) is 24.8. The number of benzene rings is 2. The number of urea groups is 2. The van der Waals surface area contributed by atoms with Crippen molar-refractivity contribution in [3.05, 3.63) is 229 Å². The molecule has 0 radical (unpaired) electrons. The number of ketones is 1. The summed E-state index contributed by atoms with van der Waals surface area (Å²) in [6.07, 6.45) is 14.7. The number of terminal acetylenes is 1. The molecule has 4 aliphatic rings. The summed E-state index contributed by atoms with van der Waals surface area (Å²) < 4.78 is 27.8. The Morgan fingerprint density at radius 1 is 0.600 bits per heavy atom. The van der Waals surface area contributed by atoms with Crippen LogP contribution in [0.5, 0.6) is 28.7 Å². The van der Waals surface area contributed by atoms with Crippen molar-refractivity contribution in [2.75, 3.05) is 57.9 Å². The number of fused-ring (bicyclic) bond motifs is 3. The lowest BCUT2D eigenvalue weighted by Gasteiger charge is -2.28. The number of ether oxygens (including phenoxy) is 4. The standard InChI is InChI=1S/C27H21N5O6.C15H13N3O4.C12H10BrN3O2.C11H8BrN3O2.C6H7BrN2O/c1-37-18-6-4-16-13-32(24(34)19(16)10-18)14-27(25(35)30-26(36)31-27)23-11-20-22(38-23)7-5-17(29-20)9-21(33)15-3-2-8-28-12-15;1-3-15(13(20)16-14(21)17-15)8-18-7-9-4-5-10(22-2)6-11(9)12(18)19;1-18-9-4-5-10(15-11(9)13)16-12(17)8-3-2-6-14-7-8;12-10-8(16)3-4-9(14-10)15-11(17)7-2-1-5-13-6-7;1-10-4-2-3-5(8)9-6(4)7/h2-8,10-12H,9,13-14H2,1H3,(H2,30,31,35,36);1,4-6H,7-8H2,2H3,(H2,16,17,20,21);2-7H,1H3,(H,15,16,17);1-6,16H,(H,14,15,17);2-3H,1H3,(H2,8,9)/t27-;15-;;;/m01.../s1. The summed E-state index contributed by atoms with van der Waals surface area (Å²) in [5, 5.41) is 24.0. The maximum Gasteiger partial charge on any atom is 0.323 e. The molecule has 31 nitrogen and oxygen atoms in total. The Bertz CT molecular complexity index is 5060. The zero-order valence-corrected chi connectivity index (χ0v) is 60.4. The molecule has 2 fully saturated rings. The number of carbonyl (C=O) groups is 9. The number of nitrogens with zero attached hydrogens (tertiary/aromatic N) is 9. The van der Waals surface area contributed by atoms with Crippen molar-refractivity contribution in [3.63, 3.8) is 0 Å². The fourth-order valence-electron chi connectivity index (χ4n) is 10.5. The summed E-state index contributed by atoms with van der Waals surface area (Å²) in [7, 11) is 6.17. The molecule has 2 saturated heterocycles.